The Balaban J connectivity index is 1.49. The molecule has 0 aliphatic carbocycles. The molecule has 3 aromatic heterocycles. The van der Waals surface area contributed by atoms with Crippen LogP contribution in [-0.4, -0.2) is 49.9 Å². The van der Waals surface area contributed by atoms with Crippen LogP contribution in [0.3, 0.4) is 0 Å². The molecule has 1 aliphatic rings. The maximum absolute atomic E-state index is 12.9. The van der Waals surface area contributed by atoms with Gasteiger partial charge in [-0.25, -0.2) is 18.1 Å². The molecule has 0 N–H and O–H groups in total. The van der Waals surface area contributed by atoms with Crippen molar-refractivity contribution in [2.45, 2.75) is 11.8 Å². The highest BCUT2D eigenvalue weighted by atomic mass is 32.2. The Morgan fingerprint density at radius 2 is 1.85 bits per heavy atom. The van der Waals surface area contributed by atoms with Crippen molar-refractivity contribution in [3.8, 4) is 11.5 Å². The van der Waals surface area contributed by atoms with Gasteiger partial charge in [0.2, 0.25) is 14.8 Å². The van der Waals surface area contributed by atoms with E-state index in [0.717, 1.165) is 11.5 Å². The van der Waals surface area contributed by atoms with Crippen LogP contribution in [0.15, 0.2) is 84.0 Å². The predicted molar refractivity (Wildman–Crippen MR) is 128 cm³/mol. The lowest BCUT2D eigenvalue weighted by molar-refractivity contribution is 0.0730. The first-order chi connectivity index (χ1) is 16.5. The van der Waals surface area contributed by atoms with Crippen LogP contribution in [0.5, 0.6) is 0 Å². The van der Waals surface area contributed by atoms with Crippen molar-refractivity contribution in [1.29, 1.82) is 0 Å². The molecule has 0 amide bonds. The molecule has 0 spiro atoms. The van der Waals surface area contributed by atoms with Crippen LogP contribution in [-0.2, 0) is 14.8 Å². The Morgan fingerprint density at radius 3 is 2.53 bits per heavy atom. The zero-order chi connectivity index (χ0) is 23.5. The second-order valence-corrected chi connectivity index (χ2v) is 10.3. The van der Waals surface area contributed by atoms with E-state index in [-0.39, 0.29) is 4.90 Å². The van der Waals surface area contributed by atoms with Gasteiger partial charge in [-0.05, 0) is 55.5 Å². The molecular weight excluding hydrogens is 476 g/mol. The van der Waals surface area contributed by atoms with Crippen LogP contribution >= 0.6 is 11.3 Å². The van der Waals surface area contributed by atoms with E-state index in [1.165, 1.54) is 15.6 Å². The van der Waals surface area contributed by atoms with Crippen LogP contribution < -0.4 is 4.80 Å². The number of sulfonamides is 1. The summed E-state index contributed by atoms with van der Waals surface area (Å²) >= 11 is 1.39. The fourth-order valence-electron chi connectivity index (χ4n) is 3.46. The van der Waals surface area contributed by atoms with Crippen LogP contribution in [0.1, 0.15) is 11.5 Å². The molecule has 11 heteroatoms. The Labute approximate surface area is 200 Å². The van der Waals surface area contributed by atoms with Crippen LogP contribution in [0, 0.1) is 6.92 Å². The summed E-state index contributed by atoms with van der Waals surface area (Å²) in [6.45, 7) is 3.38. The fourth-order valence-corrected chi connectivity index (χ4v) is 5.70. The molecule has 1 aromatic carbocycles. The summed E-state index contributed by atoms with van der Waals surface area (Å²) in [4.78, 5) is 5.52. The molecule has 0 unspecified atom stereocenters. The molecule has 4 heterocycles. The monoisotopic (exact) mass is 498 g/mol. The number of benzene rings is 1. The highest BCUT2D eigenvalue weighted by Gasteiger charge is 2.26. The maximum Gasteiger partial charge on any atom is 0.243 e. The average Bonchev–Trinajstić information content (AvgIpc) is 3.60. The third kappa shape index (κ3) is 4.68. The molecule has 0 radical (unpaired) electrons. The highest BCUT2D eigenvalue weighted by Crippen LogP contribution is 2.23. The molecule has 1 fully saturated rings. The highest BCUT2D eigenvalue weighted by molar-refractivity contribution is 7.89. The lowest BCUT2D eigenvalue weighted by Gasteiger charge is -2.26. The normalized spacial score (nSPS) is 16.0. The molecule has 5 rings (SSSR count). The Hall–Kier alpha value is -3.25. The number of nitrogens with zero attached hydrogens (tertiary/aromatic N) is 4. The van der Waals surface area contributed by atoms with Crippen molar-refractivity contribution in [1.82, 2.24) is 8.98 Å². The molecule has 34 heavy (non-hydrogen) atoms. The van der Waals surface area contributed by atoms with Gasteiger partial charge in [0.05, 0.1) is 36.3 Å². The van der Waals surface area contributed by atoms with Gasteiger partial charge in [0, 0.05) is 18.5 Å². The van der Waals surface area contributed by atoms with Gasteiger partial charge in [0.1, 0.15) is 17.2 Å². The van der Waals surface area contributed by atoms with E-state index >= 15 is 0 Å². The summed E-state index contributed by atoms with van der Waals surface area (Å²) in [5.41, 5.74) is 1.34. The second kappa shape index (κ2) is 9.55. The second-order valence-electron chi connectivity index (χ2n) is 7.51. The van der Waals surface area contributed by atoms with Crippen molar-refractivity contribution in [3.05, 3.63) is 76.5 Å². The van der Waals surface area contributed by atoms with Gasteiger partial charge >= 0.3 is 0 Å². The number of furan rings is 2. The zero-order valence-corrected chi connectivity index (χ0v) is 20.0. The van der Waals surface area contributed by atoms with Crippen molar-refractivity contribution in [2.75, 3.05) is 26.3 Å². The van der Waals surface area contributed by atoms with Gasteiger partial charge in [-0.2, -0.15) is 9.41 Å². The van der Waals surface area contributed by atoms with Crippen molar-refractivity contribution in [2.24, 2.45) is 10.1 Å². The first kappa shape index (κ1) is 22.5. The average molecular weight is 499 g/mol. The molecule has 176 valence electrons. The first-order valence-corrected chi connectivity index (χ1v) is 12.9. The number of morpholine rings is 1. The van der Waals surface area contributed by atoms with E-state index in [9.17, 15) is 8.42 Å². The Kier molecular flexibility index (Phi) is 6.33. The maximum atomic E-state index is 12.9. The van der Waals surface area contributed by atoms with E-state index < -0.39 is 10.0 Å². The summed E-state index contributed by atoms with van der Waals surface area (Å²) in [7, 11) is -3.56. The minimum atomic E-state index is -3.56. The summed E-state index contributed by atoms with van der Waals surface area (Å²) < 4.78 is 45.2. The number of aromatic nitrogens is 1. The fraction of sp³-hybridized carbons (Fsp3) is 0.217. The van der Waals surface area contributed by atoms with Crippen LogP contribution in [0.2, 0.25) is 0 Å². The molecule has 9 nitrogen and oxygen atoms in total. The minimum absolute atomic E-state index is 0.231. The van der Waals surface area contributed by atoms with Crippen LogP contribution in [0.4, 0.5) is 5.69 Å². The topological polar surface area (TPSA) is 103 Å². The number of ether oxygens (including phenoxy) is 1. The molecular formula is C23H22N4O5S2. The predicted octanol–water partition coefficient (Wildman–Crippen LogP) is 3.85. The van der Waals surface area contributed by atoms with E-state index in [0.29, 0.717) is 48.3 Å². The summed E-state index contributed by atoms with van der Waals surface area (Å²) in [5.74, 6) is 2.06. The lowest BCUT2D eigenvalue weighted by atomic mass is 10.3. The molecule has 0 atom stereocenters. The molecule has 0 saturated carbocycles. The number of hydrogen-bond donors (Lipinski definition) is 0. The lowest BCUT2D eigenvalue weighted by Crippen LogP contribution is -2.40. The van der Waals surface area contributed by atoms with Gasteiger partial charge < -0.3 is 13.6 Å². The van der Waals surface area contributed by atoms with Crippen molar-refractivity contribution >= 4 is 33.3 Å². The number of hydrogen-bond acceptors (Lipinski definition) is 8. The Bertz CT molecular complexity index is 1460. The standard InChI is InChI=1S/C23H22N4O5S2/c1-17-4-7-19(32-17)15-24-27-21(22-3-2-12-31-22)16-33-23(27)25-18-5-8-20(9-6-18)34(28,29)26-10-13-30-14-11-26/h2-9,12,15-16H,10-11,13-14H2,1H3. The van der Waals surface area contributed by atoms with Gasteiger partial charge in [0.25, 0.3) is 0 Å². The summed E-state index contributed by atoms with van der Waals surface area (Å²) in [6.07, 6.45) is 3.21. The van der Waals surface area contributed by atoms with E-state index in [1.807, 2.05) is 30.5 Å². The van der Waals surface area contributed by atoms with Crippen molar-refractivity contribution < 1.29 is 22.0 Å². The number of rotatable bonds is 6. The molecule has 1 saturated heterocycles. The number of thiazole rings is 1. The van der Waals surface area contributed by atoms with Gasteiger partial charge in [-0.15, -0.1) is 11.3 Å². The van der Waals surface area contributed by atoms with E-state index in [4.69, 9.17) is 18.6 Å². The minimum Gasteiger partial charge on any atom is -0.463 e. The first-order valence-electron chi connectivity index (χ1n) is 10.6. The zero-order valence-electron chi connectivity index (χ0n) is 18.3. The van der Waals surface area contributed by atoms with E-state index in [2.05, 4.69) is 5.10 Å². The van der Waals surface area contributed by atoms with Crippen molar-refractivity contribution in [3.63, 3.8) is 0 Å². The van der Waals surface area contributed by atoms with Gasteiger partial charge in [0.15, 0.2) is 5.76 Å². The van der Waals surface area contributed by atoms with Gasteiger partial charge in [-0.3, -0.25) is 0 Å². The van der Waals surface area contributed by atoms with E-state index in [1.54, 1.807) is 47.5 Å². The quantitative estimate of drug-likeness (QED) is 0.376. The molecule has 1 aliphatic heterocycles. The summed E-state index contributed by atoms with van der Waals surface area (Å²) in [6, 6.07) is 13.9. The van der Waals surface area contributed by atoms with Crippen LogP contribution in [0.25, 0.3) is 11.5 Å². The third-order valence-electron chi connectivity index (χ3n) is 5.19. The SMILES string of the molecule is Cc1ccc(C=Nn2c(-c3ccco3)csc2=Nc2ccc(S(=O)(=O)N3CCOCC3)cc2)o1. The number of aryl methyl sites for hydroxylation is 1. The largest absolute Gasteiger partial charge is 0.463 e. The molecule has 4 aromatic rings. The Morgan fingerprint density at radius 1 is 1.06 bits per heavy atom. The van der Waals surface area contributed by atoms with Gasteiger partial charge in [-0.1, -0.05) is 0 Å². The molecule has 0 bridgehead atoms. The summed E-state index contributed by atoms with van der Waals surface area (Å²) in [5, 5.41) is 6.46. The smallest absolute Gasteiger partial charge is 0.243 e. The third-order valence-corrected chi connectivity index (χ3v) is 7.92.